The maximum atomic E-state index is 14.2. The number of fused-ring (bicyclic) bond motifs is 2. The van der Waals surface area contributed by atoms with Crippen LogP contribution in [0.1, 0.15) is 84.1 Å². The van der Waals surface area contributed by atoms with Crippen LogP contribution in [0.25, 0.3) is 16.6 Å². The van der Waals surface area contributed by atoms with Gasteiger partial charge in [0.1, 0.15) is 11.4 Å². The summed E-state index contributed by atoms with van der Waals surface area (Å²) in [6.45, 7) is 3.65. The van der Waals surface area contributed by atoms with E-state index in [1.54, 1.807) is 40.8 Å². The van der Waals surface area contributed by atoms with Crippen LogP contribution in [-0.2, 0) is 7.05 Å². The summed E-state index contributed by atoms with van der Waals surface area (Å²) in [4.78, 5) is 37.1. The summed E-state index contributed by atoms with van der Waals surface area (Å²) in [6.07, 6.45) is 11.9. The number of aryl methyl sites for hydroxylation is 2. The van der Waals surface area contributed by atoms with Gasteiger partial charge >= 0.3 is 0 Å². The van der Waals surface area contributed by atoms with Gasteiger partial charge < -0.3 is 5.32 Å². The van der Waals surface area contributed by atoms with Gasteiger partial charge in [0, 0.05) is 37.2 Å². The van der Waals surface area contributed by atoms with Crippen molar-refractivity contribution in [3.63, 3.8) is 0 Å². The number of carbonyl (C=O) groups excluding carboxylic acids is 1. The average molecular weight is 535 g/mol. The molecule has 5 aromatic rings. The molecule has 1 saturated carbocycles. The van der Waals surface area contributed by atoms with Crippen LogP contribution in [0.2, 0.25) is 0 Å². The van der Waals surface area contributed by atoms with E-state index in [0.717, 1.165) is 37.7 Å². The molecule has 6 rings (SSSR count). The molecule has 4 heterocycles. The maximum Gasteiger partial charge on any atom is 0.262 e. The normalized spacial score (nSPS) is 14.7. The van der Waals surface area contributed by atoms with E-state index >= 15 is 0 Å². The Morgan fingerprint density at radius 1 is 1.15 bits per heavy atom. The molecule has 0 aliphatic heterocycles. The molecule has 40 heavy (non-hydrogen) atoms. The fourth-order valence-corrected chi connectivity index (χ4v) is 5.58. The number of amides is 1. The predicted molar refractivity (Wildman–Crippen MR) is 151 cm³/mol. The largest absolute Gasteiger partial charge is 0.342 e. The van der Waals surface area contributed by atoms with Crippen molar-refractivity contribution in [3.05, 3.63) is 87.6 Å². The average Bonchev–Trinajstić information content (AvgIpc) is 3.53. The first-order chi connectivity index (χ1) is 19.4. The summed E-state index contributed by atoms with van der Waals surface area (Å²) in [5, 5.41) is 12.2. The van der Waals surface area contributed by atoms with Gasteiger partial charge in [-0.25, -0.2) is 14.5 Å². The summed E-state index contributed by atoms with van der Waals surface area (Å²) in [6, 6.07) is 6.78. The third kappa shape index (κ3) is 4.64. The third-order valence-corrected chi connectivity index (χ3v) is 7.48. The van der Waals surface area contributed by atoms with Gasteiger partial charge in [0.15, 0.2) is 5.65 Å². The van der Waals surface area contributed by atoms with Gasteiger partial charge in [0.2, 0.25) is 0 Å². The van der Waals surface area contributed by atoms with Crippen LogP contribution in [0, 0.1) is 18.8 Å². The number of benzene rings is 1. The number of aromatic nitrogens is 7. The van der Waals surface area contributed by atoms with Crippen LogP contribution in [0.3, 0.4) is 0 Å². The lowest BCUT2D eigenvalue weighted by atomic mass is 9.94. The van der Waals surface area contributed by atoms with Crippen LogP contribution in [0.4, 0.5) is 0 Å². The van der Waals surface area contributed by atoms with Gasteiger partial charge in [-0.2, -0.15) is 10.2 Å². The minimum absolute atomic E-state index is 0.00669. The van der Waals surface area contributed by atoms with E-state index in [2.05, 4.69) is 32.3 Å². The zero-order valence-electron chi connectivity index (χ0n) is 22.8. The van der Waals surface area contributed by atoms with Crippen LogP contribution in [0.15, 0.2) is 53.8 Å². The number of carbonyl (C=O) groups is 1. The molecule has 1 N–H and O–H groups in total. The van der Waals surface area contributed by atoms with Crippen molar-refractivity contribution in [2.24, 2.45) is 7.05 Å². The number of nitrogens with one attached hydrogen (secondary N) is 1. The monoisotopic (exact) mass is 534 g/mol. The first kappa shape index (κ1) is 25.5. The summed E-state index contributed by atoms with van der Waals surface area (Å²) >= 11 is 0. The van der Waals surface area contributed by atoms with Gasteiger partial charge in [-0.15, -0.1) is 0 Å². The van der Waals surface area contributed by atoms with Crippen LogP contribution < -0.4 is 10.9 Å². The van der Waals surface area contributed by atoms with Gasteiger partial charge in [-0.05, 0) is 44.9 Å². The minimum Gasteiger partial charge on any atom is -0.342 e. The van der Waals surface area contributed by atoms with E-state index in [9.17, 15) is 9.59 Å². The molecule has 1 atom stereocenters. The highest BCUT2D eigenvalue weighted by Gasteiger charge is 2.27. The molecule has 1 aliphatic carbocycles. The highest BCUT2D eigenvalue weighted by Crippen LogP contribution is 2.30. The second kappa shape index (κ2) is 10.4. The number of hydrogen-bond acceptors (Lipinski definition) is 6. The number of rotatable bonds is 4. The lowest BCUT2D eigenvalue weighted by Crippen LogP contribution is -2.36. The fraction of sp³-hybridized carbons (Fsp3) is 0.333. The molecule has 1 amide bonds. The number of nitrogens with zero attached hydrogens (tertiary/aromatic N) is 7. The van der Waals surface area contributed by atoms with E-state index in [4.69, 9.17) is 4.98 Å². The smallest absolute Gasteiger partial charge is 0.262 e. The highest BCUT2D eigenvalue weighted by molar-refractivity contribution is 6.01. The molecule has 10 nitrogen and oxygen atoms in total. The Labute approximate surface area is 231 Å². The van der Waals surface area contributed by atoms with Crippen LogP contribution in [0.5, 0.6) is 0 Å². The van der Waals surface area contributed by atoms with Gasteiger partial charge in [-0.3, -0.25) is 18.8 Å². The van der Waals surface area contributed by atoms with Crippen molar-refractivity contribution in [3.8, 4) is 11.8 Å². The second-order valence-corrected chi connectivity index (χ2v) is 10.3. The summed E-state index contributed by atoms with van der Waals surface area (Å²) in [7, 11) is 1.84. The van der Waals surface area contributed by atoms with Gasteiger partial charge in [0.25, 0.3) is 11.5 Å². The Bertz CT molecular complexity index is 1860. The predicted octanol–water partition coefficient (Wildman–Crippen LogP) is 3.88. The van der Waals surface area contributed by atoms with Gasteiger partial charge in [-0.1, -0.05) is 37.2 Å². The van der Waals surface area contributed by atoms with Crippen molar-refractivity contribution >= 4 is 22.5 Å². The molecule has 1 aliphatic rings. The Morgan fingerprint density at radius 2 is 1.98 bits per heavy atom. The summed E-state index contributed by atoms with van der Waals surface area (Å²) in [5.41, 5.74) is 3.30. The highest BCUT2D eigenvalue weighted by atomic mass is 16.2. The molecule has 202 valence electrons. The van der Waals surface area contributed by atoms with E-state index in [1.807, 2.05) is 42.9 Å². The van der Waals surface area contributed by atoms with Crippen LogP contribution in [-0.4, -0.2) is 39.8 Å². The topological polar surface area (TPSA) is 112 Å². The molecule has 0 bridgehead atoms. The van der Waals surface area contributed by atoms with Crippen molar-refractivity contribution in [1.82, 2.24) is 39.2 Å². The molecule has 1 fully saturated rings. The molecule has 10 heteroatoms. The van der Waals surface area contributed by atoms with Crippen molar-refractivity contribution in [1.29, 1.82) is 0 Å². The lowest BCUT2D eigenvalue weighted by molar-refractivity contribution is 0.0937. The molecule has 0 unspecified atom stereocenters. The molecular weight excluding hydrogens is 504 g/mol. The summed E-state index contributed by atoms with van der Waals surface area (Å²) in [5.74, 6) is 6.52. The SMILES string of the molecule is Cc1nn2cccnc2c1C(=O)N[C@H](C)c1nc2cccc(C#Cc3cnn(C)c3)c2c(=O)n1C1CCCCC1. The molecule has 0 spiro atoms. The second-order valence-electron chi connectivity index (χ2n) is 10.3. The first-order valence-electron chi connectivity index (χ1n) is 13.6. The Balaban J connectivity index is 1.44. The van der Waals surface area contributed by atoms with Crippen molar-refractivity contribution in [2.45, 2.75) is 58.0 Å². The molecule has 0 saturated heterocycles. The van der Waals surface area contributed by atoms with Crippen LogP contribution >= 0.6 is 0 Å². The fourth-order valence-electron chi connectivity index (χ4n) is 5.58. The Morgan fingerprint density at radius 3 is 2.75 bits per heavy atom. The lowest BCUT2D eigenvalue weighted by Gasteiger charge is -2.28. The molecule has 1 aromatic carbocycles. The first-order valence-corrected chi connectivity index (χ1v) is 13.6. The third-order valence-electron chi connectivity index (χ3n) is 7.48. The Hall–Kier alpha value is -4.78. The van der Waals surface area contributed by atoms with E-state index in [-0.39, 0.29) is 17.5 Å². The molecule has 4 aromatic heterocycles. The standard InChI is InChI=1S/C30H30N8O2/c1-19-25(28-31-15-8-16-37(28)35-19)29(39)33-20(2)27-34-24-12-7-9-22(14-13-21-17-32-36(3)18-21)26(24)30(40)38(27)23-10-5-4-6-11-23/h7-9,12,15-18,20,23H,4-6,10-11H2,1-3H3,(H,33,39)/t20-/m1/s1. The van der Waals surface area contributed by atoms with E-state index < -0.39 is 6.04 Å². The maximum absolute atomic E-state index is 14.2. The van der Waals surface area contributed by atoms with Crippen molar-refractivity contribution in [2.75, 3.05) is 0 Å². The van der Waals surface area contributed by atoms with E-state index in [0.29, 0.717) is 39.2 Å². The summed E-state index contributed by atoms with van der Waals surface area (Å²) < 4.78 is 5.09. The number of hydrogen-bond donors (Lipinski definition) is 1. The molecule has 0 radical (unpaired) electrons. The zero-order chi connectivity index (χ0) is 27.8. The molecular formula is C30H30N8O2. The van der Waals surface area contributed by atoms with Gasteiger partial charge in [0.05, 0.1) is 34.4 Å². The zero-order valence-corrected chi connectivity index (χ0v) is 22.8. The quantitative estimate of drug-likeness (QED) is 0.350. The van der Waals surface area contributed by atoms with Crippen molar-refractivity contribution < 1.29 is 4.79 Å². The van der Waals surface area contributed by atoms with E-state index in [1.165, 1.54) is 0 Å². The Kier molecular flexibility index (Phi) is 6.64. The minimum atomic E-state index is -0.533.